The molecule has 0 aromatic rings. The largest absolute Gasteiger partial charge is 0.483 e. The summed E-state index contributed by atoms with van der Waals surface area (Å²) in [5, 5.41) is 10.0. The summed E-state index contributed by atoms with van der Waals surface area (Å²) in [6.07, 6.45) is 21.5. The lowest BCUT2D eigenvalue weighted by Gasteiger charge is -2.44. The maximum Gasteiger partial charge on any atom is 0.290 e. The molecule has 0 aromatic carbocycles. The number of likely N-dealkylation sites (N-methyl/N-ethyl adjacent to an activating group) is 1. The molecule has 1 spiro atoms. The average molecular weight is 987 g/mol. The van der Waals surface area contributed by atoms with Crippen molar-refractivity contribution in [2.75, 3.05) is 41.4 Å². The van der Waals surface area contributed by atoms with Gasteiger partial charge in [0.15, 0.2) is 0 Å². The third-order valence-electron chi connectivity index (χ3n) is 14.5. The molecule has 70 heavy (non-hydrogen) atoms. The van der Waals surface area contributed by atoms with Crippen molar-refractivity contribution in [2.45, 2.75) is 169 Å². The van der Waals surface area contributed by atoms with Crippen LogP contribution < -0.4 is 11.1 Å². The lowest BCUT2D eigenvalue weighted by molar-refractivity contribution is -0.149. The quantitative estimate of drug-likeness (QED) is 0.0546. The van der Waals surface area contributed by atoms with Crippen LogP contribution in [0.5, 0.6) is 0 Å². The van der Waals surface area contributed by atoms with Gasteiger partial charge in [-0.15, -0.1) is 0 Å². The molecule has 7 amide bonds. The number of nitrogens with two attached hydrogens (primary N) is 1. The van der Waals surface area contributed by atoms with Gasteiger partial charge in [0.1, 0.15) is 0 Å². The molecule has 10 atom stereocenters. The molecule has 9 unspecified atom stereocenters. The summed E-state index contributed by atoms with van der Waals surface area (Å²) in [4.78, 5) is 98.8. The molecule has 17 nitrogen and oxygen atoms in total. The van der Waals surface area contributed by atoms with Crippen molar-refractivity contribution in [1.82, 2.24) is 24.9 Å². The number of amides is 7. The van der Waals surface area contributed by atoms with Gasteiger partial charge in [-0.25, -0.2) is 0 Å². The van der Waals surface area contributed by atoms with Crippen molar-refractivity contribution < 1.29 is 52.9 Å². The number of primary amides is 1. The van der Waals surface area contributed by atoms with Crippen molar-refractivity contribution in [3.05, 3.63) is 36.5 Å². The number of unbranched alkanes of at least 4 members (excludes halogenated alkanes) is 2. The van der Waals surface area contributed by atoms with Gasteiger partial charge in [-0.3, -0.25) is 43.3 Å². The van der Waals surface area contributed by atoms with Crippen LogP contribution in [0.15, 0.2) is 36.5 Å². The van der Waals surface area contributed by atoms with E-state index in [0.29, 0.717) is 37.1 Å². The molecule has 2 aliphatic heterocycles. The maximum atomic E-state index is 14.1. The van der Waals surface area contributed by atoms with Crippen LogP contribution in [0, 0.1) is 40.9 Å². The van der Waals surface area contributed by atoms with Crippen LogP contribution in [-0.2, 0) is 47.8 Å². The zero-order chi connectivity index (χ0) is 53.3. The van der Waals surface area contributed by atoms with E-state index >= 15 is 0 Å². The summed E-state index contributed by atoms with van der Waals surface area (Å²) in [6.45, 7) is 19.6. The van der Waals surface area contributed by atoms with E-state index in [1.807, 2.05) is 30.8 Å². The van der Waals surface area contributed by atoms with Crippen LogP contribution in [0.3, 0.4) is 0 Å². The number of carboxylic acid groups (broad SMARTS) is 1. The van der Waals surface area contributed by atoms with E-state index in [0.717, 1.165) is 51.5 Å². The van der Waals surface area contributed by atoms with Gasteiger partial charge >= 0.3 is 0 Å². The first kappa shape index (κ1) is 63.1. The summed E-state index contributed by atoms with van der Waals surface area (Å²) in [5.74, 6) is -0.162. The van der Waals surface area contributed by atoms with Crippen LogP contribution in [0.25, 0.3) is 0 Å². The van der Waals surface area contributed by atoms with Gasteiger partial charge < -0.3 is 40.3 Å². The standard InChI is InChI=1S/C30H53N3O5.C21H32N2O3.CH3NO.CH2O2/c1-11-22(7)29(23(12-2)38-10)32(9)30(37)27(20(3)4)28(21(5)6)31(8)24(34)16-14-13-15-19-33-25(35)17-18-26(33)36;1-15(11-17-7-5-4-6-8-17)22-20(25)16(2)19(26-3)18-12-21(9-10-21)13-23(18)14-24;2*2-1-3/h17-18,20-23,27-29H,11-16,19H2,1-10H3;4-7,14-19H,8-13H2,1-3H3,(H,22,25);1H,(H2,2,3);1H,(H,2,3)/t22?,23?,27-,28?,29?;;;/m1.../s1. The number of methoxy groups -OCH3 is 2. The second-order valence-electron chi connectivity index (χ2n) is 20.2. The van der Waals surface area contributed by atoms with Crippen molar-refractivity contribution in [1.29, 1.82) is 0 Å². The van der Waals surface area contributed by atoms with Crippen LogP contribution in [0.1, 0.15) is 133 Å². The zero-order valence-corrected chi connectivity index (χ0v) is 44.7. The highest BCUT2D eigenvalue weighted by Gasteiger charge is 2.54. The predicted octanol–water partition coefficient (Wildman–Crippen LogP) is 6.00. The molecule has 2 aliphatic carbocycles. The van der Waals surface area contributed by atoms with Crippen molar-refractivity contribution in [2.24, 2.45) is 46.7 Å². The highest BCUT2D eigenvalue weighted by molar-refractivity contribution is 6.12. The highest BCUT2D eigenvalue weighted by Crippen LogP contribution is 2.55. The molecule has 2 fully saturated rings. The Hall–Kier alpha value is -4.90. The second-order valence-corrected chi connectivity index (χ2v) is 20.2. The average Bonchev–Trinajstić information content (AvgIpc) is 3.88. The third kappa shape index (κ3) is 19.0. The van der Waals surface area contributed by atoms with E-state index in [1.165, 1.54) is 29.9 Å². The van der Waals surface area contributed by atoms with E-state index in [9.17, 15) is 28.8 Å². The van der Waals surface area contributed by atoms with Gasteiger partial charge in [0.2, 0.25) is 30.5 Å². The minimum absolute atomic E-state index is 0.00229. The number of imide groups is 1. The summed E-state index contributed by atoms with van der Waals surface area (Å²) in [6, 6.07) is -0.155. The van der Waals surface area contributed by atoms with E-state index in [-0.39, 0.29) is 108 Å². The fraction of sp³-hybridized carbons (Fsp3) is 0.736. The molecule has 0 aromatic heterocycles. The van der Waals surface area contributed by atoms with E-state index in [4.69, 9.17) is 24.2 Å². The Morgan fingerprint density at radius 2 is 1.49 bits per heavy atom. The predicted molar refractivity (Wildman–Crippen MR) is 272 cm³/mol. The Morgan fingerprint density at radius 1 is 0.886 bits per heavy atom. The van der Waals surface area contributed by atoms with Gasteiger partial charge in [0.05, 0.1) is 36.1 Å². The van der Waals surface area contributed by atoms with Crippen molar-refractivity contribution >= 4 is 48.8 Å². The topological polar surface area (TPSA) is 226 Å². The van der Waals surface area contributed by atoms with Gasteiger partial charge in [-0.05, 0) is 87.4 Å². The number of allylic oxidation sites excluding steroid dienone is 4. The minimum Gasteiger partial charge on any atom is -0.483 e. The zero-order valence-electron chi connectivity index (χ0n) is 44.7. The molecule has 398 valence electrons. The van der Waals surface area contributed by atoms with Crippen LogP contribution in [-0.4, -0.2) is 151 Å². The van der Waals surface area contributed by atoms with E-state index in [1.54, 1.807) is 19.1 Å². The summed E-state index contributed by atoms with van der Waals surface area (Å²) < 4.78 is 11.5. The third-order valence-corrected chi connectivity index (χ3v) is 14.5. The number of ether oxygens (including phenoxy) is 2. The number of carbonyl (C=O) groups is 8. The lowest BCUT2D eigenvalue weighted by Crippen LogP contribution is -2.56. The summed E-state index contributed by atoms with van der Waals surface area (Å²) in [5.41, 5.74) is 4.46. The normalized spacial score (nSPS) is 20.8. The number of rotatable bonds is 25. The van der Waals surface area contributed by atoms with Crippen molar-refractivity contribution in [3.8, 4) is 0 Å². The number of nitrogens with one attached hydrogen (secondary N) is 1. The van der Waals surface area contributed by atoms with Gasteiger partial charge in [-0.2, -0.15) is 0 Å². The molecular formula is C53H90N6O11. The van der Waals surface area contributed by atoms with Crippen LogP contribution in [0.2, 0.25) is 0 Å². The Bertz CT molecular complexity index is 1720. The molecule has 1 saturated carbocycles. The number of carbonyl (C=O) groups excluding carboxylic acids is 7. The molecule has 4 N–H and O–H groups in total. The number of hydrogen-bond donors (Lipinski definition) is 3. The number of hydrogen-bond acceptors (Lipinski definition) is 10. The molecular weight excluding hydrogens is 897 g/mol. The molecule has 0 bridgehead atoms. The fourth-order valence-electron chi connectivity index (χ4n) is 10.4. The Kier molecular flexibility index (Phi) is 29.0. The number of nitrogens with zero attached hydrogens (tertiary/aromatic N) is 4. The fourth-order valence-corrected chi connectivity index (χ4v) is 10.4. The number of likely N-dealkylation sites (tertiary alicyclic amines) is 1. The Balaban J connectivity index is 0.000000659. The van der Waals surface area contributed by atoms with E-state index in [2.05, 4.69) is 90.7 Å². The Labute approximate surface area is 419 Å². The maximum absolute atomic E-state index is 14.1. The highest BCUT2D eigenvalue weighted by atomic mass is 16.5. The second kappa shape index (κ2) is 32.1. The monoisotopic (exact) mass is 987 g/mol. The van der Waals surface area contributed by atoms with Crippen LogP contribution in [0.4, 0.5) is 0 Å². The summed E-state index contributed by atoms with van der Waals surface area (Å²) in [7, 11) is 7.07. The lowest BCUT2D eigenvalue weighted by atomic mass is 9.79. The first-order valence-electron chi connectivity index (χ1n) is 25.3. The Morgan fingerprint density at radius 3 is 1.94 bits per heavy atom. The smallest absolute Gasteiger partial charge is 0.290 e. The van der Waals surface area contributed by atoms with Crippen LogP contribution >= 0.6 is 0 Å². The first-order valence-corrected chi connectivity index (χ1v) is 25.3. The van der Waals surface area contributed by atoms with Crippen molar-refractivity contribution in [3.63, 3.8) is 0 Å². The molecule has 2 heterocycles. The van der Waals surface area contributed by atoms with Gasteiger partial charge in [-0.1, -0.05) is 92.5 Å². The first-order chi connectivity index (χ1) is 33.1. The molecule has 17 heteroatoms. The minimum atomic E-state index is -0.338. The molecule has 1 saturated heterocycles. The molecule has 0 radical (unpaired) electrons. The molecule has 4 rings (SSSR count). The SMILES string of the molecule is CCC(C)C(C(CC)OC)N(C)C(=O)[C@H](C(C)C)C(C(C)C)N(C)C(=O)CCCCCN1C(=O)C=CC1=O.COC(C(C)C(=O)NC(C)CC1C=CC=CC1)C1CC2(CC2)CN1C=O.NC=O.O=CO. The van der Waals surface area contributed by atoms with Gasteiger partial charge in [0.25, 0.3) is 18.3 Å². The summed E-state index contributed by atoms with van der Waals surface area (Å²) >= 11 is 0. The van der Waals surface area contributed by atoms with E-state index < -0.39 is 0 Å². The van der Waals surface area contributed by atoms with Gasteiger partial charge in [0, 0.05) is 72.1 Å². The molecule has 4 aliphatic rings.